The summed E-state index contributed by atoms with van der Waals surface area (Å²) in [6.45, 7) is 0. The van der Waals surface area contributed by atoms with E-state index < -0.39 is 5.97 Å². The molecule has 0 saturated heterocycles. The summed E-state index contributed by atoms with van der Waals surface area (Å²) in [5, 5.41) is 8.68. The number of carboxylic acids is 1. The van der Waals surface area contributed by atoms with Crippen molar-refractivity contribution in [1.29, 1.82) is 0 Å². The molecule has 1 aromatic heterocycles. The fourth-order valence-corrected chi connectivity index (χ4v) is 1.18. The van der Waals surface area contributed by atoms with Gasteiger partial charge in [-0.1, -0.05) is 0 Å². The molecule has 0 aromatic carbocycles. The van der Waals surface area contributed by atoms with E-state index in [1.807, 2.05) is 0 Å². The van der Waals surface area contributed by atoms with Crippen LogP contribution in [-0.4, -0.2) is 16.1 Å². The monoisotopic (exact) mass is 163 g/mol. The van der Waals surface area contributed by atoms with Crippen LogP contribution in [0.15, 0.2) is 18.3 Å². The molecule has 2 rings (SSSR count). The zero-order valence-electron chi connectivity index (χ0n) is 6.53. The maximum atomic E-state index is 10.6. The summed E-state index contributed by atoms with van der Waals surface area (Å²) in [4.78, 5) is 14.7. The fraction of sp³-hybridized carbons (Fsp3) is 0.333. The van der Waals surface area contributed by atoms with E-state index >= 15 is 0 Å². The van der Waals surface area contributed by atoms with E-state index in [1.54, 1.807) is 12.3 Å². The predicted octanol–water partition coefficient (Wildman–Crippen LogP) is 1.66. The number of hydrogen-bond acceptors (Lipinski definition) is 2. The Bertz CT molecular complexity index is 318. The Kier molecular flexibility index (Phi) is 1.57. The van der Waals surface area contributed by atoms with Crippen molar-refractivity contribution in [2.45, 2.75) is 18.8 Å². The second-order valence-electron chi connectivity index (χ2n) is 3.05. The van der Waals surface area contributed by atoms with Crippen LogP contribution in [0, 0.1) is 0 Å². The van der Waals surface area contributed by atoms with Crippen LogP contribution in [0.1, 0.15) is 34.8 Å². The predicted molar refractivity (Wildman–Crippen MR) is 43.2 cm³/mol. The lowest BCUT2D eigenvalue weighted by atomic mass is 10.2. The molecule has 1 saturated carbocycles. The molecule has 3 heteroatoms. The summed E-state index contributed by atoms with van der Waals surface area (Å²) in [5.41, 5.74) is 1.27. The Labute approximate surface area is 70.1 Å². The van der Waals surface area contributed by atoms with E-state index in [0.717, 1.165) is 18.5 Å². The molecule has 0 unspecified atom stereocenters. The highest BCUT2D eigenvalue weighted by molar-refractivity contribution is 5.87. The quantitative estimate of drug-likeness (QED) is 0.721. The first-order valence-corrected chi connectivity index (χ1v) is 3.96. The summed E-state index contributed by atoms with van der Waals surface area (Å²) < 4.78 is 0. The number of carbonyl (C=O) groups is 1. The molecule has 1 fully saturated rings. The first-order chi connectivity index (χ1) is 5.77. The standard InChI is InChI=1S/C9H9NO2/c11-9(12)7-3-4-10-8(5-7)6-1-2-6/h3-6H,1-2H2,(H,11,12). The Balaban J connectivity index is 2.32. The molecule has 12 heavy (non-hydrogen) atoms. The molecule has 0 bridgehead atoms. The minimum Gasteiger partial charge on any atom is -0.478 e. The largest absolute Gasteiger partial charge is 0.478 e. The number of pyridine rings is 1. The SMILES string of the molecule is O=C(O)c1ccnc(C2CC2)c1. The topological polar surface area (TPSA) is 50.2 Å². The molecule has 0 atom stereocenters. The van der Waals surface area contributed by atoms with Crippen LogP contribution in [0.25, 0.3) is 0 Å². The summed E-state index contributed by atoms with van der Waals surface area (Å²) in [7, 11) is 0. The summed E-state index contributed by atoms with van der Waals surface area (Å²) in [5.74, 6) is -0.358. The molecule has 0 amide bonds. The Morgan fingerprint density at radius 3 is 2.92 bits per heavy atom. The Morgan fingerprint density at radius 1 is 1.58 bits per heavy atom. The number of carboxylic acid groups (broad SMARTS) is 1. The third-order valence-electron chi connectivity index (χ3n) is 2.02. The van der Waals surface area contributed by atoms with Crippen LogP contribution < -0.4 is 0 Å². The summed E-state index contributed by atoms with van der Waals surface area (Å²) in [6.07, 6.45) is 3.86. The van der Waals surface area contributed by atoms with Gasteiger partial charge in [0, 0.05) is 17.8 Å². The number of rotatable bonds is 2. The van der Waals surface area contributed by atoms with Crippen LogP contribution >= 0.6 is 0 Å². The van der Waals surface area contributed by atoms with Crippen molar-refractivity contribution < 1.29 is 9.90 Å². The normalized spacial score (nSPS) is 16.0. The van der Waals surface area contributed by atoms with Gasteiger partial charge in [0.05, 0.1) is 5.56 Å². The van der Waals surface area contributed by atoms with Gasteiger partial charge in [0.1, 0.15) is 0 Å². The van der Waals surface area contributed by atoms with Crippen molar-refractivity contribution in [2.75, 3.05) is 0 Å². The van der Waals surface area contributed by atoms with Gasteiger partial charge in [0.25, 0.3) is 0 Å². The van der Waals surface area contributed by atoms with Crippen molar-refractivity contribution in [3.63, 3.8) is 0 Å². The van der Waals surface area contributed by atoms with Crippen molar-refractivity contribution in [3.8, 4) is 0 Å². The zero-order chi connectivity index (χ0) is 8.55. The van der Waals surface area contributed by atoms with Crippen molar-refractivity contribution >= 4 is 5.97 Å². The Hall–Kier alpha value is -1.38. The van der Waals surface area contributed by atoms with Gasteiger partial charge in [-0.15, -0.1) is 0 Å². The van der Waals surface area contributed by atoms with Crippen LogP contribution in [0.2, 0.25) is 0 Å². The summed E-state index contributed by atoms with van der Waals surface area (Å²) in [6, 6.07) is 3.19. The van der Waals surface area contributed by atoms with E-state index in [-0.39, 0.29) is 0 Å². The molecule has 1 aliphatic carbocycles. The van der Waals surface area contributed by atoms with Crippen molar-refractivity contribution in [3.05, 3.63) is 29.6 Å². The third-order valence-corrected chi connectivity index (χ3v) is 2.02. The van der Waals surface area contributed by atoms with Crippen LogP contribution in [0.3, 0.4) is 0 Å². The number of aromatic nitrogens is 1. The lowest BCUT2D eigenvalue weighted by Gasteiger charge is -1.97. The van der Waals surface area contributed by atoms with E-state index in [1.165, 1.54) is 6.07 Å². The lowest BCUT2D eigenvalue weighted by molar-refractivity contribution is 0.0696. The maximum Gasteiger partial charge on any atom is 0.335 e. The van der Waals surface area contributed by atoms with Crippen LogP contribution in [0.5, 0.6) is 0 Å². The smallest absolute Gasteiger partial charge is 0.335 e. The highest BCUT2D eigenvalue weighted by atomic mass is 16.4. The maximum absolute atomic E-state index is 10.6. The first kappa shape index (κ1) is 7.28. The van der Waals surface area contributed by atoms with Gasteiger partial charge in [0.15, 0.2) is 0 Å². The second-order valence-corrected chi connectivity index (χ2v) is 3.05. The average Bonchev–Trinajstić information content (AvgIpc) is 2.87. The molecule has 1 aliphatic rings. The third kappa shape index (κ3) is 1.30. The van der Waals surface area contributed by atoms with Gasteiger partial charge >= 0.3 is 5.97 Å². The van der Waals surface area contributed by atoms with Gasteiger partial charge in [-0.25, -0.2) is 4.79 Å². The molecule has 0 radical (unpaired) electrons. The van der Waals surface area contributed by atoms with Crippen molar-refractivity contribution in [2.24, 2.45) is 0 Å². The second kappa shape index (κ2) is 2.59. The highest BCUT2D eigenvalue weighted by Crippen LogP contribution is 2.38. The Morgan fingerprint density at radius 2 is 2.33 bits per heavy atom. The molecular weight excluding hydrogens is 154 g/mol. The average molecular weight is 163 g/mol. The number of aromatic carboxylic acids is 1. The van der Waals surface area contributed by atoms with Gasteiger partial charge in [-0.2, -0.15) is 0 Å². The molecule has 0 spiro atoms. The number of nitrogens with zero attached hydrogens (tertiary/aromatic N) is 1. The fourth-order valence-electron chi connectivity index (χ4n) is 1.18. The molecule has 1 heterocycles. The summed E-state index contributed by atoms with van der Waals surface area (Å²) >= 11 is 0. The van der Waals surface area contributed by atoms with Gasteiger partial charge < -0.3 is 5.11 Å². The van der Waals surface area contributed by atoms with Gasteiger partial charge in [-0.05, 0) is 25.0 Å². The highest BCUT2D eigenvalue weighted by Gasteiger charge is 2.25. The van der Waals surface area contributed by atoms with E-state index in [9.17, 15) is 4.79 Å². The van der Waals surface area contributed by atoms with E-state index in [4.69, 9.17) is 5.11 Å². The minimum absolute atomic E-state index is 0.340. The van der Waals surface area contributed by atoms with Gasteiger partial charge in [-0.3, -0.25) is 4.98 Å². The molecule has 0 aliphatic heterocycles. The minimum atomic E-state index is -0.876. The van der Waals surface area contributed by atoms with Crippen LogP contribution in [-0.2, 0) is 0 Å². The van der Waals surface area contributed by atoms with Gasteiger partial charge in [0.2, 0.25) is 0 Å². The molecule has 1 aromatic rings. The molecule has 1 N–H and O–H groups in total. The van der Waals surface area contributed by atoms with Crippen LogP contribution in [0.4, 0.5) is 0 Å². The van der Waals surface area contributed by atoms with Crippen molar-refractivity contribution in [1.82, 2.24) is 4.98 Å². The molecule has 3 nitrogen and oxygen atoms in total. The molecular formula is C9H9NO2. The van der Waals surface area contributed by atoms with E-state index in [0.29, 0.717) is 11.5 Å². The van der Waals surface area contributed by atoms with E-state index in [2.05, 4.69) is 4.98 Å². The molecule has 62 valence electrons. The first-order valence-electron chi connectivity index (χ1n) is 3.96. The number of hydrogen-bond donors (Lipinski definition) is 1. The zero-order valence-corrected chi connectivity index (χ0v) is 6.53. The lowest BCUT2D eigenvalue weighted by Crippen LogP contribution is -1.98.